The van der Waals surface area contributed by atoms with Crippen LogP contribution in [0.4, 0.5) is 18.9 Å². The van der Waals surface area contributed by atoms with Crippen LogP contribution >= 0.6 is 11.3 Å². The summed E-state index contributed by atoms with van der Waals surface area (Å²) in [6, 6.07) is 2.16. The molecule has 0 saturated heterocycles. The molecule has 0 spiro atoms. The van der Waals surface area contributed by atoms with Gasteiger partial charge in [-0.05, 0) is 37.1 Å². The zero-order valence-electron chi connectivity index (χ0n) is 8.76. The van der Waals surface area contributed by atoms with Gasteiger partial charge in [-0.3, -0.25) is 0 Å². The van der Waals surface area contributed by atoms with Crippen LogP contribution in [0.5, 0.6) is 0 Å². The van der Waals surface area contributed by atoms with Gasteiger partial charge in [-0.1, -0.05) is 0 Å². The van der Waals surface area contributed by atoms with E-state index in [4.69, 9.17) is 0 Å². The second-order valence-corrected chi connectivity index (χ2v) is 5.03. The molecule has 1 aromatic heterocycles. The van der Waals surface area contributed by atoms with Crippen molar-refractivity contribution in [3.63, 3.8) is 0 Å². The summed E-state index contributed by atoms with van der Waals surface area (Å²) in [7, 11) is 0. The lowest BCUT2D eigenvalue weighted by molar-refractivity contribution is -0.182. The van der Waals surface area contributed by atoms with Gasteiger partial charge in [-0.25, -0.2) is 0 Å². The van der Waals surface area contributed by atoms with Crippen LogP contribution in [0.3, 0.4) is 0 Å². The Bertz CT molecular complexity index is 312. The fourth-order valence-corrected chi connectivity index (χ4v) is 2.74. The maximum Gasteiger partial charge on any atom is 0.391 e. The van der Waals surface area contributed by atoms with Gasteiger partial charge in [0.1, 0.15) is 0 Å². The highest BCUT2D eigenvalue weighted by Gasteiger charge is 2.41. The molecule has 16 heavy (non-hydrogen) atoms. The van der Waals surface area contributed by atoms with E-state index >= 15 is 0 Å². The molecule has 0 radical (unpaired) electrons. The van der Waals surface area contributed by atoms with E-state index in [0.29, 0.717) is 12.8 Å². The van der Waals surface area contributed by atoms with Crippen LogP contribution in [-0.4, -0.2) is 12.2 Å². The van der Waals surface area contributed by atoms with Crippen LogP contribution in [-0.2, 0) is 0 Å². The normalized spacial score (nSPS) is 26.7. The Morgan fingerprint density at radius 2 is 1.88 bits per heavy atom. The summed E-state index contributed by atoms with van der Waals surface area (Å²) < 4.78 is 37.3. The Labute approximate surface area is 96.7 Å². The van der Waals surface area contributed by atoms with E-state index in [1.807, 2.05) is 16.8 Å². The smallest absolute Gasteiger partial charge is 0.382 e. The highest BCUT2D eigenvalue weighted by molar-refractivity contribution is 7.08. The fourth-order valence-electron chi connectivity index (χ4n) is 2.15. The number of halogens is 3. The number of thiophene rings is 1. The van der Waals surface area contributed by atoms with Gasteiger partial charge in [0.2, 0.25) is 0 Å². The van der Waals surface area contributed by atoms with E-state index in [1.54, 1.807) is 11.3 Å². The molecule has 90 valence electrons. The van der Waals surface area contributed by atoms with E-state index in [1.165, 1.54) is 0 Å². The molecule has 1 nitrogen and oxygen atoms in total. The Hall–Kier alpha value is -0.710. The van der Waals surface area contributed by atoms with Gasteiger partial charge in [-0.15, -0.1) is 0 Å². The van der Waals surface area contributed by atoms with Gasteiger partial charge in [0, 0.05) is 17.1 Å². The van der Waals surface area contributed by atoms with E-state index in [9.17, 15) is 13.2 Å². The first-order valence-electron chi connectivity index (χ1n) is 5.41. The van der Waals surface area contributed by atoms with Crippen LogP contribution in [0.15, 0.2) is 16.8 Å². The third kappa shape index (κ3) is 2.90. The molecule has 1 saturated carbocycles. The maximum absolute atomic E-state index is 12.4. The van der Waals surface area contributed by atoms with Crippen molar-refractivity contribution in [2.45, 2.75) is 37.9 Å². The van der Waals surface area contributed by atoms with Crippen LogP contribution in [0.25, 0.3) is 0 Å². The minimum atomic E-state index is -4.01. The molecule has 1 aliphatic carbocycles. The molecule has 1 N–H and O–H groups in total. The third-order valence-electron chi connectivity index (χ3n) is 3.08. The fraction of sp³-hybridized carbons (Fsp3) is 0.636. The summed E-state index contributed by atoms with van der Waals surface area (Å²) in [6.45, 7) is 0. The van der Waals surface area contributed by atoms with Crippen LogP contribution in [0, 0.1) is 5.92 Å². The minimum absolute atomic E-state index is 0.202. The Balaban J connectivity index is 1.82. The molecular formula is C11H14F3NS. The van der Waals surface area contributed by atoms with Gasteiger partial charge < -0.3 is 5.32 Å². The SMILES string of the molecule is FC(F)(F)C1CCC(Nc2ccsc2)CC1. The molecule has 5 heteroatoms. The van der Waals surface area contributed by atoms with E-state index in [0.717, 1.165) is 5.69 Å². The molecule has 0 unspecified atom stereocenters. The van der Waals surface area contributed by atoms with Crippen molar-refractivity contribution in [2.75, 3.05) is 5.32 Å². The molecular weight excluding hydrogens is 235 g/mol. The van der Waals surface area contributed by atoms with Gasteiger partial charge in [0.25, 0.3) is 0 Å². The standard InChI is InChI=1S/C11H14F3NS/c12-11(13,14)8-1-3-9(4-2-8)15-10-5-6-16-7-10/h5-9,15H,1-4H2. The Morgan fingerprint density at radius 1 is 1.19 bits per heavy atom. The first-order chi connectivity index (χ1) is 7.55. The van der Waals surface area contributed by atoms with Crippen LogP contribution in [0.1, 0.15) is 25.7 Å². The largest absolute Gasteiger partial charge is 0.391 e. The second-order valence-electron chi connectivity index (χ2n) is 4.25. The molecule has 0 aromatic carbocycles. The maximum atomic E-state index is 12.4. The Morgan fingerprint density at radius 3 is 2.38 bits per heavy atom. The van der Waals surface area contributed by atoms with Crippen molar-refractivity contribution >= 4 is 17.0 Å². The summed E-state index contributed by atoms with van der Waals surface area (Å²) >= 11 is 1.59. The molecule has 0 aliphatic heterocycles. The molecule has 1 aliphatic rings. The average Bonchev–Trinajstić information content (AvgIpc) is 2.70. The molecule has 0 amide bonds. The second kappa shape index (κ2) is 4.65. The molecule has 1 fully saturated rings. The van der Waals surface area contributed by atoms with Gasteiger partial charge in [0.05, 0.1) is 5.92 Å². The number of nitrogens with one attached hydrogen (secondary N) is 1. The summed E-state index contributed by atoms with van der Waals surface area (Å²) in [4.78, 5) is 0. The van der Waals surface area contributed by atoms with Gasteiger partial charge >= 0.3 is 6.18 Å². The Kier molecular flexibility index (Phi) is 3.42. The van der Waals surface area contributed by atoms with Crippen molar-refractivity contribution in [3.8, 4) is 0 Å². The molecule has 0 bridgehead atoms. The van der Waals surface area contributed by atoms with Gasteiger partial charge in [0.15, 0.2) is 0 Å². The topological polar surface area (TPSA) is 12.0 Å². The van der Waals surface area contributed by atoms with Crippen LogP contribution < -0.4 is 5.32 Å². The number of alkyl halides is 3. The predicted molar refractivity (Wildman–Crippen MR) is 59.7 cm³/mol. The first-order valence-corrected chi connectivity index (χ1v) is 6.35. The van der Waals surface area contributed by atoms with Crippen molar-refractivity contribution in [3.05, 3.63) is 16.8 Å². The van der Waals surface area contributed by atoms with E-state index in [-0.39, 0.29) is 18.9 Å². The van der Waals surface area contributed by atoms with Crippen molar-refractivity contribution in [2.24, 2.45) is 5.92 Å². The highest BCUT2D eigenvalue weighted by atomic mass is 32.1. The highest BCUT2D eigenvalue weighted by Crippen LogP contribution is 2.38. The number of hydrogen-bond acceptors (Lipinski definition) is 2. The molecule has 2 rings (SSSR count). The lowest BCUT2D eigenvalue weighted by Gasteiger charge is -2.30. The number of hydrogen-bond donors (Lipinski definition) is 1. The molecule has 1 aromatic rings. The quantitative estimate of drug-likeness (QED) is 0.824. The summed E-state index contributed by atoms with van der Waals surface area (Å²) in [5, 5.41) is 7.22. The monoisotopic (exact) mass is 249 g/mol. The summed E-state index contributed by atoms with van der Waals surface area (Å²) in [5.74, 6) is -1.09. The average molecular weight is 249 g/mol. The lowest BCUT2D eigenvalue weighted by Crippen LogP contribution is -2.32. The van der Waals surface area contributed by atoms with E-state index < -0.39 is 12.1 Å². The predicted octanol–water partition coefficient (Wildman–Crippen LogP) is 4.28. The van der Waals surface area contributed by atoms with Crippen molar-refractivity contribution in [1.29, 1.82) is 0 Å². The summed E-state index contributed by atoms with van der Waals surface area (Å²) in [6.07, 6.45) is -2.27. The van der Waals surface area contributed by atoms with Crippen LogP contribution in [0.2, 0.25) is 0 Å². The zero-order valence-corrected chi connectivity index (χ0v) is 9.57. The summed E-state index contributed by atoms with van der Waals surface area (Å²) in [5.41, 5.74) is 1.03. The lowest BCUT2D eigenvalue weighted by atomic mass is 9.85. The van der Waals surface area contributed by atoms with Crippen molar-refractivity contribution in [1.82, 2.24) is 0 Å². The van der Waals surface area contributed by atoms with Crippen molar-refractivity contribution < 1.29 is 13.2 Å². The molecule has 0 atom stereocenters. The first kappa shape index (κ1) is 11.8. The number of rotatable bonds is 2. The van der Waals surface area contributed by atoms with Gasteiger partial charge in [-0.2, -0.15) is 24.5 Å². The third-order valence-corrected chi connectivity index (χ3v) is 3.77. The zero-order chi connectivity index (χ0) is 11.6. The van der Waals surface area contributed by atoms with E-state index in [2.05, 4.69) is 5.32 Å². The minimum Gasteiger partial charge on any atom is -0.382 e. The number of anilines is 1. The molecule has 1 heterocycles.